The van der Waals surface area contributed by atoms with Gasteiger partial charge in [0, 0.05) is 11.1 Å². The van der Waals surface area contributed by atoms with Crippen molar-refractivity contribution in [3.8, 4) is 0 Å². The Kier molecular flexibility index (Phi) is 3.09. The molecule has 1 nitrogen and oxygen atoms in total. The smallest absolute Gasteiger partial charge is 0.0408 e. The summed E-state index contributed by atoms with van der Waals surface area (Å²) in [4.78, 5) is 0. The summed E-state index contributed by atoms with van der Waals surface area (Å²) in [7, 11) is 0. The monoisotopic (exact) mass is 209 g/mol. The number of rotatable bonds is 2. The standard InChI is InChI=1S/C12H16ClN/c13-11-5-1-3-9(8-11)7-10-4-2-6-12(10)14/h1,3,5,8,10,12H,2,4,6-7,14H2. The van der Waals surface area contributed by atoms with E-state index in [1.807, 2.05) is 18.2 Å². The molecule has 2 unspecified atom stereocenters. The summed E-state index contributed by atoms with van der Waals surface area (Å²) in [6, 6.07) is 8.51. The number of benzene rings is 1. The quantitative estimate of drug-likeness (QED) is 0.796. The SMILES string of the molecule is NC1CCCC1Cc1cccc(Cl)c1. The highest BCUT2D eigenvalue weighted by Crippen LogP contribution is 2.27. The van der Waals surface area contributed by atoms with Gasteiger partial charge in [-0.15, -0.1) is 0 Å². The van der Waals surface area contributed by atoms with Crippen molar-refractivity contribution in [2.75, 3.05) is 0 Å². The van der Waals surface area contributed by atoms with Crippen LogP contribution in [0.4, 0.5) is 0 Å². The average Bonchev–Trinajstić information content (AvgIpc) is 2.52. The van der Waals surface area contributed by atoms with Gasteiger partial charge in [0.25, 0.3) is 0 Å². The molecule has 0 aromatic heterocycles. The van der Waals surface area contributed by atoms with E-state index in [4.69, 9.17) is 17.3 Å². The summed E-state index contributed by atoms with van der Waals surface area (Å²) >= 11 is 5.94. The van der Waals surface area contributed by atoms with Crippen LogP contribution in [-0.4, -0.2) is 6.04 Å². The molecule has 1 aromatic rings. The molecule has 0 aliphatic heterocycles. The lowest BCUT2D eigenvalue weighted by Crippen LogP contribution is -2.25. The van der Waals surface area contributed by atoms with Crippen LogP contribution >= 0.6 is 11.6 Å². The first-order chi connectivity index (χ1) is 6.75. The zero-order valence-corrected chi connectivity index (χ0v) is 9.00. The van der Waals surface area contributed by atoms with Crippen molar-refractivity contribution in [3.63, 3.8) is 0 Å². The van der Waals surface area contributed by atoms with E-state index in [-0.39, 0.29) is 0 Å². The second-order valence-electron chi connectivity index (χ2n) is 4.19. The average molecular weight is 210 g/mol. The summed E-state index contributed by atoms with van der Waals surface area (Å²) in [6.45, 7) is 0. The summed E-state index contributed by atoms with van der Waals surface area (Å²) in [5, 5.41) is 0.828. The van der Waals surface area contributed by atoms with Crippen LogP contribution in [0.1, 0.15) is 24.8 Å². The maximum atomic E-state index is 6.03. The molecular weight excluding hydrogens is 194 g/mol. The summed E-state index contributed by atoms with van der Waals surface area (Å²) in [5.41, 5.74) is 7.35. The van der Waals surface area contributed by atoms with Crippen LogP contribution in [0.3, 0.4) is 0 Å². The summed E-state index contributed by atoms with van der Waals surface area (Å²) in [5.74, 6) is 0.661. The lowest BCUT2D eigenvalue weighted by atomic mass is 9.95. The Morgan fingerprint density at radius 3 is 2.86 bits per heavy atom. The zero-order valence-electron chi connectivity index (χ0n) is 8.25. The minimum absolute atomic E-state index is 0.397. The molecule has 0 spiro atoms. The molecule has 76 valence electrons. The highest BCUT2D eigenvalue weighted by Gasteiger charge is 2.23. The first-order valence-electron chi connectivity index (χ1n) is 5.26. The van der Waals surface area contributed by atoms with Gasteiger partial charge in [-0.1, -0.05) is 30.2 Å². The second-order valence-corrected chi connectivity index (χ2v) is 4.63. The van der Waals surface area contributed by atoms with Gasteiger partial charge in [0.1, 0.15) is 0 Å². The third-order valence-electron chi connectivity index (χ3n) is 3.10. The molecule has 1 fully saturated rings. The van der Waals surface area contributed by atoms with Gasteiger partial charge in [0.15, 0.2) is 0 Å². The van der Waals surface area contributed by atoms with Crippen LogP contribution in [0, 0.1) is 5.92 Å². The predicted molar refractivity (Wildman–Crippen MR) is 60.5 cm³/mol. The van der Waals surface area contributed by atoms with E-state index in [1.54, 1.807) is 0 Å². The third-order valence-corrected chi connectivity index (χ3v) is 3.34. The van der Waals surface area contributed by atoms with E-state index >= 15 is 0 Å². The molecule has 1 aliphatic carbocycles. The van der Waals surface area contributed by atoms with Crippen molar-refractivity contribution in [1.29, 1.82) is 0 Å². The lowest BCUT2D eigenvalue weighted by Gasteiger charge is -2.15. The highest BCUT2D eigenvalue weighted by atomic mass is 35.5. The van der Waals surface area contributed by atoms with Gasteiger partial charge >= 0.3 is 0 Å². The fourth-order valence-electron chi connectivity index (χ4n) is 2.29. The van der Waals surface area contributed by atoms with Crippen LogP contribution in [0.25, 0.3) is 0 Å². The summed E-state index contributed by atoms with van der Waals surface area (Å²) in [6.07, 6.45) is 4.83. The molecule has 0 bridgehead atoms. The van der Waals surface area contributed by atoms with Crippen LogP contribution in [0.15, 0.2) is 24.3 Å². The second kappa shape index (κ2) is 4.33. The number of nitrogens with two attached hydrogens (primary N) is 1. The Morgan fingerprint density at radius 1 is 1.36 bits per heavy atom. The molecule has 2 rings (SSSR count). The van der Waals surface area contributed by atoms with Gasteiger partial charge in [0.05, 0.1) is 0 Å². The van der Waals surface area contributed by atoms with Crippen LogP contribution < -0.4 is 5.73 Å². The maximum absolute atomic E-state index is 6.03. The van der Waals surface area contributed by atoms with Crippen LogP contribution in [0.2, 0.25) is 5.02 Å². The zero-order chi connectivity index (χ0) is 9.97. The molecule has 1 aromatic carbocycles. The van der Waals surface area contributed by atoms with Gasteiger partial charge in [-0.25, -0.2) is 0 Å². The molecule has 0 heterocycles. The van der Waals surface area contributed by atoms with Gasteiger partial charge in [-0.2, -0.15) is 0 Å². The topological polar surface area (TPSA) is 26.0 Å². The number of halogens is 1. The number of hydrogen-bond acceptors (Lipinski definition) is 1. The first kappa shape index (κ1) is 10.0. The molecule has 1 saturated carbocycles. The molecule has 14 heavy (non-hydrogen) atoms. The van der Waals surface area contributed by atoms with E-state index in [0.29, 0.717) is 12.0 Å². The molecule has 0 radical (unpaired) electrons. The van der Waals surface area contributed by atoms with Gasteiger partial charge in [0.2, 0.25) is 0 Å². The Labute approximate surface area is 90.3 Å². The number of hydrogen-bond donors (Lipinski definition) is 1. The highest BCUT2D eigenvalue weighted by molar-refractivity contribution is 6.30. The molecule has 0 saturated heterocycles. The van der Waals surface area contributed by atoms with Gasteiger partial charge in [-0.05, 0) is 42.9 Å². The van der Waals surface area contributed by atoms with E-state index in [1.165, 1.54) is 24.8 Å². The van der Waals surface area contributed by atoms with Crippen molar-refractivity contribution in [2.24, 2.45) is 11.7 Å². The van der Waals surface area contributed by atoms with Crippen molar-refractivity contribution in [2.45, 2.75) is 31.7 Å². The summed E-state index contributed by atoms with van der Waals surface area (Å²) < 4.78 is 0. The fraction of sp³-hybridized carbons (Fsp3) is 0.500. The predicted octanol–water partition coefficient (Wildman–Crippen LogP) is 3.01. The Balaban J connectivity index is 2.03. The van der Waals surface area contributed by atoms with E-state index in [9.17, 15) is 0 Å². The fourth-order valence-corrected chi connectivity index (χ4v) is 2.50. The van der Waals surface area contributed by atoms with Gasteiger partial charge in [-0.3, -0.25) is 0 Å². The maximum Gasteiger partial charge on any atom is 0.0408 e. The normalized spacial score (nSPS) is 26.7. The van der Waals surface area contributed by atoms with E-state index in [0.717, 1.165) is 11.4 Å². The molecule has 2 N–H and O–H groups in total. The van der Waals surface area contributed by atoms with Gasteiger partial charge < -0.3 is 5.73 Å². The Morgan fingerprint density at radius 2 is 2.21 bits per heavy atom. The molecule has 1 aliphatic rings. The van der Waals surface area contributed by atoms with Crippen molar-refractivity contribution in [1.82, 2.24) is 0 Å². The minimum atomic E-state index is 0.397. The lowest BCUT2D eigenvalue weighted by molar-refractivity contribution is 0.479. The third kappa shape index (κ3) is 2.28. The largest absolute Gasteiger partial charge is 0.327 e. The molecule has 2 atom stereocenters. The minimum Gasteiger partial charge on any atom is -0.327 e. The first-order valence-corrected chi connectivity index (χ1v) is 5.63. The van der Waals surface area contributed by atoms with Crippen LogP contribution in [-0.2, 0) is 6.42 Å². The molecule has 0 amide bonds. The van der Waals surface area contributed by atoms with E-state index in [2.05, 4.69) is 6.07 Å². The Bertz CT molecular complexity index is 311. The van der Waals surface area contributed by atoms with Crippen molar-refractivity contribution in [3.05, 3.63) is 34.9 Å². The van der Waals surface area contributed by atoms with E-state index < -0.39 is 0 Å². The van der Waals surface area contributed by atoms with Crippen LogP contribution in [0.5, 0.6) is 0 Å². The van der Waals surface area contributed by atoms with Crippen molar-refractivity contribution >= 4 is 11.6 Å². The Hall–Kier alpha value is -0.530. The molecular formula is C12H16ClN. The molecule has 2 heteroatoms. The van der Waals surface area contributed by atoms with Crippen molar-refractivity contribution < 1.29 is 0 Å².